The number of ether oxygens (including phenoxy) is 2. The monoisotopic (exact) mass is 437 g/mol. The highest BCUT2D eigenvalue weighted by molar-refractivity contribution is 5.86. The van der Waals surface area contributed by atoms with Crippen LogP contribution in [0.4, 0.5) is 9.18 Å². The Morgan fingerprint density at radius 1 is 1.26 bits per heavy atom. The van der Waals surface area contributed by atoms with Gasteiger partial charge in [-0.3, -0.25) is 4.79 Å². The Labute approximate surface area is 182 Å². The molecule has 0 spiro atoms. The van der Waals surface area contributed by atoms with Crippen molar-refractivity contribution >= 4 is 18.0 Å². The van der Waals surface area contributed by atoms with Crippen LogP contribution in [0.3, 0.4) is 0 Å². The van der Waals surface area contributed by atoms with Crippen LogP contribution in [-0.2, 0) is 16.1 Å². The van der Waals surface area contributed by atoms with Crippen molar-refractivity contribution in [1.82, 2.24) is 20.4 Å². The molecule has 1 aromatic rings. The van der Waals surface area contributed by atoms with E-state index in [4.69, 9.17) is 9.47 Å². The van der Waals surface area contributed by atoms with E-state index in [2.05, 4.69) is 15.6 Å². The topological polar surface area (TPSA) is 95.5 Å². The van der Waals surface area contributed by atoms with E-state index < -0.39 is 5.82 Å². The third kappa shape index (κ3) is 7.95. The number of hydrogen-bond donors (Lipinski definition) is 2. The highest BCUT2D eigenvalue weighted by atomic mass is 19.1. The maximum absolute atomic E-state index is 13.8. The van der Waals surface area contributed by atoms with Crippen molar-refractivity contribution < 1.29 is 23.5 Å². The fourth-order valence-electron chi connectivity index (χ4n) is 3.08. The maximum Gasteiger partial charge on any atom is 0.409 e. The summed E-state index contributed by atoms with van der Waals surface area (Å²) in [7, 11) is 4.84. The Morgan fingerprint density at radius 2 is 1.97 bits per heavy atom. The van der Waals surface area contributed by atoms with Gasteiger partial charge in [-0.2, -0.15) is 0 Å². The second-order valence-corrected chi connectivity index (χ2v) is 7.41. The van der Waals surface area contributed by atoms with Gasteiger partial charge >= 0.3 is 6.09 Å². The van der Waals surface area contributed by atoms with Gasteiger partial charge in [-0.25, -0.2) is 14.2 Å². The number of amides is 2. The predicted molar refractivity (Wildman–Crippen MR) is 116 cm³/mol. The van der Waals surface area contributed by atoms with Crippen LogP contribution < -0.4 is 15.4 Å². The second-order valence-electron chi connectivity index (χ2n) is 7.41. The molecule has 0 bridgehead atoms. The molecule has 1 heterocycles. The maximum atomic E-state index is 13.8. The number of piperidine rings is 1. The van der Waals surface area contributed by atoms with Crippen molar-refractivity contribution in [2.24, 2.45) is 4.99 Å². The molecular formula is C21H32FN5O4. The molecule has 1 aromatic carbocycles. The van der Waals surface area contributed by atoms with Crippen LogP contribution in [0.2, 0.25) is 0 Å². The standard InChI is InChI=1S/C21H32FN5O4/c1-5-31-21(29)27-8-6-17(7-9-27)25-20(24-14-19(28)26(2)3)23-13-15-10-16(22)12-18(11-15)30-4/h10-12,17H,5-9,13-14H2,1-4H3,(H2,23,24,25). The molecule has 9 nitrogen and oxygen atoms in total. The lowest BCUT2D eigenvalue weighted by Crippen LogP contribution is -2.51. The van der Waals surface area contributed by atoms with Crippen molar-refractivity contribution in [2.75, 3.05) is 47.4 Å². The number of likely N-dealkylation sites (N-methyl/N-ethyl adjacent to an activating group) is 1. The minimum atomic E-state index is -0.402. The minimum absolute atomic E-state index is 0.0764. The molecule has 1 aliphatic rings. The number of carbonyl (C=O) groups is 2. The Morgan fingerprint density at radius 3 is 2.58 bits per heavy atom. The van der Waals surface area contributed by atoms with Gasteiger partial charge in [-0.1, -0.05) is 0 Å². The van der Waals surface area contributed by atoms with Crippen LogP contribution >= 0.6 is 0 Å². The molecule has 0 radical (unpaired) electrons. The fourth-order valence-corrected chi connectivity index (χ4v) is 3.08. The smallest absolute Gasteiger partial charge is 0.409 e. The molecule has 10 heteroatoms. The molecule has 1 aliphatic heterocycles. The van der Waals surface area contributed by atoms with E-state index >= 15 is 0 Å². The van der Waals surface area contributed by atoms with Gasteiger partial charge in [0.2, 0.25) is 5.91 Å². The average molecular weight is 438 g/mol. The van der Waals surface area contributed by atoms with Crippen molar-refractivity contribution in [3.63, 3.8) is 0 Å². The number of nitrogens with zero attached hydrogens (tertiary/aromatic N) is 3. The zero-order chi connectivity index (χ0) is 22.8. The van der Waals surface area contributed by atoms with Crippen LogP contribution in [0.5, 0.6) is 5.75 Å². The number of guanidine groups is 1. The van der Waals surface area contributed by atoms with E-state index in [1.165, 1.54) is 24.1 Å². The van der Waals surface area contributed by atoms with E-state index in [9.17, 15) is 14.0 Å². The molecule has 1 fully saturated rings. The lowest BCUT2D eigenvalue weighted by Gasteiger charge is -2.32. The molecule has 1 saturated heterocycles. The van der Waals surface area contributed by atoms with Gasteiger partial charge in [0, 0.05) is 39.3 Å². The van der Waals surface area contributed by atoms with Gasteiger partial charge in [0.25, 0.3) is 0 Å². The number of nitrogens with one attached hydrogen (secondary N) is 2. The zero-order valence-electron chi connectivity index (χ0n) is 18.6. The molecule has 172 valence electrons. The van der Waals surface area contributed by atoms with Gasteiger partial charge in [0.15, 0.2) is 5.96 Å². The Balaban J connectivity index is 2.03. The summed E-state index contributed by atoms with van der Waals surface area (Å²) in [5, 5.41) is 6.35. The molecule has 0 atom stereocenters. The normalized spacial score (nSPS) is 14.7. The molecule has 0 saturated carbocycles. The lowest BCUT2D eigenvalue weighted by atomic mass is 10.1. The summed E-state index contributed by atoms with van der Waals surface area (Å²) >= 11 is 0. The third-order valence-corrected chi connectivity index (χ3v) is 4.85. The van der Waals surface area contributed by atoms with E-state index in [1.54, 1.807) is 32.0 Å². The molecule has 0 aliphatic carbocycles. The predicted octanol–water partition coefficient (Wildman–Crippen LogP) is 1.58. The Hall–Kier alpha value is -3.04. The largest absolute Gasteiger partial charge is 0.497 e. The number of methoxy groups -OCH3 is 1. The summed E-state index contributed by atoms with van der Waals surface area (Å²) in [6.45, 7) is 3.56. The summed E-state index contributed by atoms with van der Waals surface area (Å²) in [6, 6.07) is 4.49. The second kappa shape index (κ2) is 12.0. The molecule has 2 rings (SSSR count). The molecule has 0 unspecified atom stereocenters. The SMILES string of the molecule is CCOC(=O)N1CCC(NC(=NCc2cc(F)cc(OC)c2)NCC(=O)N(C)C)CC1. The van der Waals surface area contributed by atoms with Crippen molar-refractivity contribution in [1.29, 1.82) is 0 Å². The highest BCUT2D eigenvalue weighted by Gasteiger charge is 2.24. The summed E-state index contributed by atoms with van der Waals surface area (Å²) in [4.78, 5) is 31.5. The van der Waals surface area contributed by atoms with Crippen molar-refractivity contribution in [3.05, 3.63) is 29.6 Å². The van der Waals surface area contributed by atoms with Crippen LogP contribution in [-0.4, -0.2) is 81.2 Å². The fraction of sp³-hybridized carbons (Fsp3) is 0.571. The van der Waals surface area contributed by atoms with Gasteiger partial charge in [0.1, 0.15) is 11.6 Å². The number of carbonyl (C=O) groups excluding carboxylic acids is 2. The van der Waals surface area contributed by atoms with Crippen LogP contribution in [0.1, 0.15) is 25.3 Å². The molecule has 0 aromatic heterocycles. The summed E-state index contributed by atoms with van der Waals surface area (Å²) in [5.74, 6) is 0.370. The van der Waals surface area contributed by atoms with Crippen LogP contribution in [0.25, 0.3) is 0 Å². The van der Waals surface area contributed by atoms with E-state index in [1.807, 2.05) is 0 Å². The number of aliphatic imine (C=N–C) groups is 1. The van der Waals surface area contributed by atoms with Gasteiger partial charge < -0.3 is 29.9 Å². The first-order valence-electron chi connectivity index (χ1n) is 10.3. The number of halogens is 1. The first kappa shape index (κ1) is 24.2. The molecule has 2 amide bonds. The molecule has 2 N–H and O–H groups in total. The van der Waals surface area contributed by atoms with Gasteiger partial charge in [0.05, 0.1) is 26.8 Å². The van der Waals surface area contributed by atoms with Gasteiger partial charge in [-0.05, 0) is 37.5 Å². The number of likely N-dealkylation sites (tertiary alicyclic amines) is 1. The minimum Gasteiger partial charge on any atom is -0.497 e. The Bertz CT molecular complexity index is 779. The first-order chi connectivity index (χ1) is 14.8. The van der Waals surface area contributed by atoms with Gasteiger partial charge in [-0.15, -0.1) is 0 Å². The number of hydrogen-bond acceptors (Lipinski definition) is 5. The number of benzene rings is 1. The highest BCUT2D eigenvalue weighted by Crippen LogP contribution is 2.17. The van der Waals surface area contributed by atoms with E-state index in [0.29, 0.717) is 37.0 Å². The van der Waals surface area contributed by atoms with E-state index in [-0.39, 0.29) is 31.1 Å². The van der Waals surface area contributed by atoms with Crippen LogP contribution in [0.15, 0.2) is 23.2 Å². The first-order valence-corrected chi connectivity index (χ1v) is 10.3. The lowest BCUT2D eigenvalue weighted by molar-refractivity contribution is -0.127. The van der Waals surface area contributed by atoms with Crippen LogP contribution in [0, 0.1) is 5.82 Å². The van der Waals surface area contributed by atoms with E-state index in [0.717, 1.165) is 12.8 Å². The van der Waals surface area contributed by atoms with Crippen molar-refractivity contribution in [2.45, 2.75) is 32.4 Å². The summed E-state index contributed by atoms with van der Waals surface area (Å²) in [5.41, 5.74) is 0.647. The number of rotatable bonds is 7. The zero-order valence-corrected chi connectivity index (χ0v) is 18.6. The quantitative estimate of drug-likeness (QED) is 0.497. The van der Waals surface area contributed by atoms with Crippen molar-refractivity contribution in [3.8, 4) is 5.75 Å². The summed E-state index contributed by atoms with van der Waals surface area (Å²) in [6.07, 6.45) is 1.13. The third-order valence-electron chi connectivity index (χ3n) is 4.85. The summed E-state index contributed by atoms with van der Waals surface area (Å²) < 4.78 is 23.9. The molecule has 31 heavy (non-hydrogen) atoms. The molecular weight excluding hydrogens is 405 g/mol. The Kier molecular flexibility index (Phi) is 9.36. The average Bonchev–Trinajstić information content (AvgIpc) is 2.75.